The molecule has 0 radical (unpaired) electrons. The molecule has 14 heteroatoms. The minimum absolute atomic E-state index is 0.123. The average Bonchev–Trinajstić information content (AvgIpc) is 3.70. The maximum Gasteiger partial charge on any atom is 0.342 e. The number of carbonyl (C=O) groups excluding carboxylic acids is 2. The molecule has 5 aromatic carbocycles. The zero-order chi connectivity index (χ0) is 53.5. The predicted octanol–water partition coefficient (Wildman–Crippen LogP) is 12.6. The Labute approximate surface area is 446 Å². The summed E-state index contributed by atoms with van der Waals surface area (Å²) in [6, 6.07) is 43.1. The van der Waals surface area contributed by atoms with Gasteiger partial charge in [-0.05, 0) is 109 Å². The number of ether oxygens (including phenoxy) is 8. The highest BCUT2D eigenvalue weighted by molar-refractivity contribution is 7.99. The van der Waals surface area contributed by atoms with Gasteiger partial charge in [-0.3, -0.25) is 0 Å². The molecule has 5 aromatic rings. The van der Waals surface area contributed by atoms with E-state index in [9.17, 15) is 9.59 Å². The standard InChI is InChI=1S/C60H78O11SSi2/c1-43(71-74(59(2,3)4,47-26-18-14-19-27-47)48-28-20-15-21-29-48)23-22-30-51(67-41-44-31-33-45(64-8)34-32-44)56-52(69-60(5,6)70-56)37-38-53(72-46-24-16-13-17-25-46)54-49(57(61)65-9)35-36-50(68-42-63-7)55(54)58(62)66-39-40-73(10,11)12/h13-22,24-36,43,51-53,56H,23,37-42H2,1-12H3/b30-22-/t43?,51?,52-,53?,56+/m0/s1. The van der Waals surface area contributed by atoms with Crippen molar-refractivity contribution in [2.75, 3.05) is 34.7 Å². The fraction of sp³-hybridized carbons (Fsp3) is 0.433. The van der Waals surface area contributed by atoms with Crippen LogP contribution in [0.2, 0.25) is 30.7 Å². The van der Waals surface area contributed by atoms with E-state index in [1.165, 1.54) is 24.6 Å². The van der Waals surface area contributed by atoms with Crippen molar-refractivity contribution in [3.05, 3.63) is 162 Å². The van der Waals surface area contributed by atoms with E-state index >= 15 is 0 Å². The van der Waals surface area contributed by atoms with E-state index in [1.54, 1.807) is 31.0 Å². The highest BCUT2D eigenvalue weighted by Crippen LogP contribution is 2.46. The van der Waals surface area contributed by atoms with Crippen LogP contribution in [0.5, 0.6) is 11.5 Å². The van der Waals surface area contributed by atoms with Crippen molar-refractivity contribution in [2.45, 2.75) is 138 Å². The average molecular weight is 1060 g/mol. The van der Waals surface area contributed by atoms with Crippen molar-refractivity contribution in [1.29, 1.82) is 0 Å². The van der Waals surface area contributed by atoms with Crippen LogP contribution in [0.15, 0.2) is 144 Å². The van der Waals surface area contributed by atoms with E-state index < -0.39 is 57.7 Å². The first-order chi connectivity index (χ1) is 35.3. The second-order valence-corrected chi connectivity index (χ2v) is 32.6. The van der Waals surface area contributed by atoms with Crippen LogP contribution in [0.25, 0.3) is 0 Å². The molecule has 6 rings (SSSR count). The smallest absolute Gasteiger partial charge is 0.342 e. The molecule has 0 aromatic heterocycles. The van der Waals surface area contributed by atoms with Crippen molar-refractivity contribution in [2.24, 2.45) is 0 Å². The van der Waals surface area contributed by atoms with Gasteiger partial charge in [-0.25, -0.2) is 9.59 Å². The molecule has 1 aliphatic rings. The molecule has 1 fully saturated rings. The van der Waals surface area contributed by atoms with Gasteiger partial charge < -0.3 is 42.3 Å². The largest absolute Gasteiger partial charge is 0.497 e. The minimum atomic E-state index is -2.83. The topological polar surface area (TPSA) is 117 Å². The molecule has 0 N–H and O–H groups in total. The quantitative estimate of drug-likeness (QED) is 0.0172. The third-order valence-corrected chi connectivity index (χ3v) is 21.2. The Morgan fingerprint density at radius 2 is 1.42 bits per heavy atom. The summed E-state index contributed by atoms with van der Waals surface area (Å²) >= 11 is 1.54. The number of esters is 2. The van der Waals surface area contributed by atoms with E-state index in [-0.39, 0.29) is 41.4 Å². The van der Waals surface area contributed by atoms with Crippen LogP contribution in [-0.2, 0) is 39.5 Å². The van der Waals surface area contributed by atoms with Gasteiger partial charge in [0, 0.05) is 31.4 Å². The van der Waals surface area contributed by atoms with Crippen LogP contribution < -0.4 is 19.8 Å². The third kappa shape index (κ3) is 15.5. The Kier molecular flexibility index (Phi) is 21.0. The first-order valence-electron chi connectivity index (χ1n) is 25.6. The molecule has 5 atom stereocenters. The molecular formula is C60H78O11SSi2. The van der Waals surface area contributed by atoms with Crippen LogP contribution in [0, 0.1) is 0 Å². The Hall–Kier alpha value is -5.04. The summed E-state index contributed by atoms with van der Waals surface area (Å²) in [5, 5.41) is 1.75. The summed E-state index contributed by atoms with van der Waals surface area (Å²) in [5.74, 6) is -1.14. The molecule has 3 unspecified atom stereocenters. The van der Waals surface area contributed by atoms with Crippen molar-refractivity contribution in [3.8, 4) is 11.5 Å². The maximum atomic E-state index is 14.5. The molecule has 398 valence electrons. The van der Waals surface area contributed by atoms with Gasteiger partial charge in [0.1, 0.15) is 29.3 Å². The molecule has 0 saturated carbocycles. The zero-order valence-electron chi connectivity index (χ0n) is 45.5. The first kappa shape index (κ1) is 58.2. The van der Waals surface area contributed by atoms with Crippen molar-refractivity contribution < 1.29 is 51.9 Å². The van der Waals surface area contributed by atoms with Gasteiger partial charge in [0.05, 0.1) is 39.1 Å². The summed E-state index contributed by atoms with van der Waals surface area (Å²) < 4.78 is 56.3. The highest BCUT2D eigenvalue weighted by atomic mass is 32.2. The van der Waals surface area contributed by atoms with Gasteiger partial charge in [-0.2, -0.15) is 0 Å². The molecular weight excluding hydrogens is 985 g/mol. The van der Waals surface area contributed by atoms with E-state index in [0.717, 1.165) is 22.3 Å². The first-order valence-corrected chi connectivity index (χ1v) is 32.1. The lowest BCUT2D eigenvalue weighted by Gasteiger charge is -2.44. The molecule has 0 amide bonds. The van der Waals surface area contributed by atoms with E-state index in [2.05, 4.69) is 120 Å². The van der Waals surface area contributed by atoms with Gasteiger partial charge in [0.15, 0.2) is 12.6 Å². The Morgan fingerprint density at radius 1 is 0.797 bits per heavy atom. The molecule has 0 bridgehead atoms. The van der Waals surface area contributed by atoms with Gasteiger partial charge in [0.2, 0.25) is 0 Å². The molecule has 1 aliphatic heterocycles. The SMILES string of the molecule is COCOc1ccc(C(=O)OC)c(C(CC[C@@H]2OC(C)(C)O[C@@H]2C(/C=C\CC(C)O[Si](c2ccccc2)(c2ccccc2)C(C)(C)C)OCc2ccc(OC)cc2)Sc2ccccc2)c1C(=O)OCC[Si](C)(C)C. The molecule has 11 nitrogen and oxygen atoms in total. The molecule has 1 heterocycles. The van der Waals surface area contributed by atoms with Crippen LogP contribution in [0.1, 0.15) is 97.9 Å². The highest BCUT2D eigenvalue weighted by Gasteiger charge is 2.51. The minimum Gasteiger partial charge on any atom is -0.497 e. The Morgan fingerprint density at radius 3 is 1.99 bits per heavy atom. The number of thioether (sulfide) groups is 1. The number of hydrogen-bond acceptors (Lipinski definition) is 12. The molecule has 74 heavy (non-hydrogen) atoms. The molecule has 1 saturated heterocycles. The number of rotatable bonds is 26. The number of methoxy groups -OCH3 is 3. The van der Waals surface area contributed by atoms with Gasteiger partial charge in [-0.15, -0.1) is 11.8 Å². The fourth-order valence-electron chi connectivity index (χ4n) is 9.42. The Balaban J connectivity index is 1.37. The van der Waals surface area contributed by atoms with Crippen molar-refractivity contribution >= 4 is 50.5 Å². The second kappa shape index (κ2) is 26.6. The number of carbonyl (C=O) groups is 2. The maximum absolute atomic E-state index is 14.5. The van der Waals surface area contributed by atoms with Crippen LogP contribution in [0.4, 0.5) is 0 Å². The summed E-state index contributed by atoms with van der Waals surface area (Å²) in [6.45, 7) is 19.9. The van der Waals surface area contributed by atoms with Crippen LogP contribution in [0.3, 0.4) is 0 Å². The number of hydrogen-bond donors (Lipinski definition) is 0. The fourth-order valence-corrected chi connectivity index (χ4v) is 16.1. The summed E-state index contributed by atoms with van der Waals surface area (Å²) in [6.07, 6.45) is 3.98. The van der Waals surface area contributed by atoms with E-state index in [1.807, 2.05) is 68.4 Å². The summed E-state index contributed by atoms with van der Waals surface area (Å²) in [7, 11) is 0.0891. The van der Waals surface area contributed by atoms with Crippen LogP contribution >= 0.6 is 11.8 Å². The van der Waals surface area contributed by atoms with Gasteiger partial charge >= 0.3 is 11.9 Å². The van der Waals surface area contributed by atoms with E-state index in [0.29, 0.717) is 31.4 Å². The Bertz CT molecular complexity index is 2520. The van der Waals surface area contributed by atoms with Crippen molar-refractivity contribution in [3.63, 3.8) is 0 Å². The lowest BCUT2D eigenvalue weighted by atomic mass is 9.92. The molecule has 0 aliphatic carbocycles. The second-order valence-electron chi connectivity index (χ2n) is 21.4. The van der Waals surface area contributed by atoms with Gasteiger partial charge in [-0.1, -0.05) is 144 Å². The van der Waals surface area contributed by atoms with E-state index in [4.69, 9.17) is 42.3 Å². The third-order valence-electron chi connectivity index (χ3n) is 13.0. The normalized spacial score (nSPS) is 17.1. The zero-order valence-corrected chi connectivity index (χ0v) is 48.3. The van der Waals surface area contributed by atoms with Crippen LogP contribution in [-0.4, -0.2) is 93.3 Å². The predicted molar refractivity (Wildman–Crippen MR) is 300 cm³/mol. The van der Waals surface area contributed by atoms with Crippen molar-refractivity contribution in [1.82, 2.24) is 0 Å². The summed E-state index contributed by atoms with van der Waals surface area (Å²) in [4.78, 5) is 29.3. The lowest BCUT2D eigenvalue weighted by Crippen LogP contribution is -2.67. The van der Waals surface area contributed by atoms with Gasteiger partial charge in [0.25, 0.3) is 8.32 Å². The number of benzene rings is 5. The summed E-state index contributed by atoms with van der Waals surface area (Å²) in [5.41, 5.74) is 1.82. The molecule has 0 spiro atoms. The monoisotopic (exact) mass is 1060 g/mol. The lowest BCUT2D eigenvalue weighted by molar-refractivity contribution is -0.156.